The molecule has 2 heterocycles. The summed E-state index contributed by atoms with van der Waals surface area (Å²) >= 11 is 0. The monoisotopic (exact) mass is 298 g/mol. The van der Waals surface area contributed by atoms with E-state index in [0.717, 1.165) is 17.0 Å². The highest BCUT2D eigenvalue weighted by atomic mass is 14.9. The van der Waals surface area contributed by atoms with Crippen LogP contribution in [0.3, 0.4) is 0 Å². The summed E-state index contributed by atoms with van der Waals surface area (Å²) in [6.45, 7) is 2.05. The molecule has 0 spiro atoms. The summed E-state index contributed by atoms with van der Waals surface area (Å²) in [5, 5.41) is 1.26. The van der Waals surface area contributed by atoms with Crippen molar-refractivity contribution in [2.24, 2.45) is 7.05 Å². The molecule has 2 aromatic carbocycles. The smallest absolute Gasteiger partial charge is 0.0711 e. The normalized spacial score (nSPS) is 11.0. The van der Waals surface area contributed by atoms with Crippen LogP contribution >= 0.6 is 0 Å². The average Bonchev–Trinajstić information content (AvgIpc) is 2.96. The standard InChI is InChI=1S/C21H18N2/c1-15-12-19(14-20(22-15)16-6-4-3-5-7-16)17-8-9-21-18(13-17)10-11-23(21)2/h3-14H,1-2H3. The Balaban J connectivity index is 1.85. The average molecular weight is 298 g/mol. The Labute approximate surface area is 136 Å². The van der Waals surface area contributed by atoms with Crippen molar-refractivity contribution in [3.05, 3.63) is 78.6 Å². The highest BCUT2D eigenvalue weighted by molar-refractivity contribution is 5.86. The first-order valence-corrected chi connectivity index (χ1v) is 7.80. The van der Waals surface area contributed by atoms with Gasteiger partial charge in [0.05, 0.1) is 5.69 Å². The zero-order valence-corrected chi connectivity index (χ0v) is 13.3. The van der Waals surface area contributed by atoms with Gasteiger partial charge in [0.1, 0.15) is 0 Å². The van der Waals surface area contributed by atoms with Gasteiger partial charge in [-0.2, -0.15) is 0 Å². The topological polar surface area (TPSA) is 17.8 Å². The Morgan fingerprint density at radius 1 is 0.783 bits per heavy atom. The van der Waals surface area contributed by atoms with Crippen molar-refractivity contribution in [2.75, 3.05) is 0 Å². The maximum atomic E-state index is 4.69. The van der Waals surface area contributed by atoms with E-state index in [4.69, 9.17) is 4.98 Å². The molecule has 0 aliphatic rings. The van der Waals surface area contributed by atoms with Gasteiger partial charge in [0.25, 0.3) is 0 Å². The third kappa shape index (κ3) is 2.53. The lowest BCUT2D eigenvalue weighted by molar-refractivity contribution is 0.969. The first-order chi connectivity index (χ1) is 11.2. The molecule has 4 aromatic rings. The van der Waals surface area contributed by atoms with Gasteiger partial charge >= 0.3 is 0 Å². The second-order valence-electron chi connectivity index (χ2n) is 5.95. The van der Waals surface area contributed by atoms with Gasteiger partial charge in [0.2, 0.25) is 0 Å². The van der Waals surface area contributed by atoms with Crippen LogP contribution in [0.2, 0.25) is 0 Å². The van der Waals surface area contributed by atoms with Crippen LogP contribution in [-0.4, -0.2) is 9.55 Å². The van der Waals surface area contributed by atoms with Crippen molar-refractivity contribution in [1.82, 2.24) is 9.55 Å². The van der Waals surface area contributed by atoms with Gasteiger partial charge in [-0.3, -0.25) is 4.98 Å². The molecule has 0 aliphatic carbocycles. The van der Waals surface area contributed by atoms with E-state index in [1.54, 1.807) is 0 Å². The molecular weight excluding hydrogens is 280 g/mol. The van der Waals surface area contributed by atoms with Crippen LogP contribution in [0, 0.1) is 6.92 Å². The number of rotatable bonds is 2. The van der Waals surface area contributed by atoms with Crippen molar-refractivity contribution < 1.29 is 0 Å². The van der Waals surface area contributed by atoms with Crippen LogP contribution in [0.1, 0.15) is 5.69 Å². The number of nitrogens with zero attached hydrogens (tertiary/aromatic N) is 2. The zero-order chi connectivity index (χ0) is 15.8. The number of pyridine rings is 1. The Morgan fingerprint density at radius 3 is 2.43 bits per heavy atom. The van der Waals surface area contributed by atoms with Gasteiger partial charge in [-0.1, -0.05) is 36.4 Å². The van der Waals surface area contributed by atoms with Crippen molar-refractivity contribution in [1.29, 1.82) is 0 Å². The van der Waals surface area contributed by atoms with Gasteiger partial charge < -0.3 is 4.57 Å². The van der Waals surface area contributed by atoms with Crippen molar-refractivity contribution in [2.45, 2.75) is 6.92 Å². The summed E-state index contributed by atoms with van der Waals surface area (Å²) in [6, 6.07) is 23.4. The molecule has 0 saturated carbocycles. The number of fused-ring (bicyclic) bond motifs is 1. The SMILES string of the molecule is Cc1cc(-c2ccc3c(ccn3C)c2)cc(-c2ccccc2)n1. The molecule has 0 N–H and O–H groups in total. The molecule has 2 aromatic heterocycles. The summed E-state index contributed by atoms with van der Waals surface area (Å²) in [6.07, 6.45) is 2.10. The predicted molar refractivity (Wildman–Crippen MR) is 96.3 cm³/mol. The third-order valence-electron chi connectivity index (χ3n) is 4.24. The lowest BCUT2D eigenvalue weighted by Gasteiger charge is -2.08. The maximum Gasteiger partial charge on any atom is 0.0711 e. The minimum absolute atomic E-state index is 1.02. The van der Waals surface area contributed by atoms with E-state index >= 15 is 0 Å². The maximum absolute atomic E-state index is 4.69. The zero-order valence-electron chi connectivity index (χ0n) is 13.3. The molecule has 0 aliphatic heterocycles. The highest BCUT2D eigenvalue weighted by Gasteiger charge is 2.06. The second-order valence-corrected chi connectivity index (χ2v) is 5.95. The predicted octanol–water partition coefficient (Wildman–Crippen LogP) is 5.22. The summed E-state index contributed by atoms with van der Waals surface area (Å²) in [5.74, 6) is 0. The third-order valence-corrected chi connectivity index (χ3v) is 4.24. The van der Waals surface area contributed by atoms with E-state index in [1.807, 2.05) is 6.07 Å². The lowest BCUT2D eigenvalue weighted by atomic mass is 10.0. The molecule has 0 fully saturated rings. The second kappa shape index (κ2) is 5.40. The summed E-state index contributed by atoms with van der Waals surface area (Å²) in [7, 11) is 2.08. The van der Waals surface area contributed by atoms with E-state index in [2.05, 4.69) is 85.4 Å². The molecule has 112 valence electrons. The molecule has 0 saturated heterocycles. The summed E-state index contributed by atoms with van der Waals surface area (Å²) < 4.78 is 2.15. The first kappa shape index (κ1) is 13.8. The Kier molecular flexibility index (Phi) is 3.23. The summed E-state index contributed by atoms with van der Waals surface area (Å²) in [4.78, 5) is 4.69. The molecule has 0 radical (unpaired) electrons. The van der Waals surface area contributed by atoms with Gasteiger partial charge in [-0.05, 0) is 48.4 Å². The van der Waals surface area contributed by atoms with Crippen LogP contribution in [0.4, 0.5) is 0 Å². The number of benzene rings is 2. The Bertz CT molecular complexity index is 981. The van der Waals surface area contributed by atoms with Crippen molar-refractivity contribution in [3.63, 3.8) is 0 Å². The van der Waals surface area contributed by atoms with Crippen molar-refractivity contribution in [3.8, 4) is 22.4 Å². The molecule has 23 heavy (non-hydrogen) atoms. The first-order valence-electron chi connectivity index (χ1n) is 7.80. The molecule has 2 heteroatoms. The largest absolute Gasteiger partial charge is 0.351 e. The van der Waals surface area contributed by atoms with Crippen LogP contribution in [-0.2, 0) is 7.05 Å². The van der Waals surface area contributed by atoms with E-state index in [9.17, 15) is 0 Å². The molecule has 2 nitrogen and oxygen atoms in total. The number of hydrogen-bond donors (Lipinski definition) is 0. The summed E-state index contributed by atoms with van der Waals surface area (Å²) in [5.41, 5.74) is 6.90. The minimum atomic E-state index is 1.02. The number of aryl methyl sites for hydroxylation is 2. The van der Waals surface area contributed by atoms with Gasteiger partial charge in [-0.15, -0.1) is 0 Å². The van der Waals surface area contributed by atoms with Gasteiger partial charge in [-0.25, -0.2) is 0 Å². The van der Waals surface area contributed by atoms with Crippen LogP contribution < -0.4 is 0 Å². The molecular formula is C21H18N2. The lowest BCUT2D eigenvalue weighted by Crippen LogP contribution is -1.90. The van der Waals surface area contributed by atoms with Crippen LogP contribution in [0.25, 0.3) is 33.3 Å². The van der Waals surface area contributed by atoms with Crippen LogP contribution in [0.15, 0.2) is 72.9 Å². The minimum Gasteiger partial charge on any atom is -0.351 e. The van der Waals surface area contributed by atoms with E-state index < -0.39 is 0 Å². The van der Waals surface area contributed by atoms with E-state index in [1.165, 1.54) is 22.0 Å². The molecule has 0 bridgehead atoms. The Hall–Kier alpha value is -2.87. The highest BCUT2D eigenvalue weighted by Crippen LogP contribution is 2.28. The quantitative estimate of drug-likeness (QED) is 0.496. The molecule has 0 amide bonds. The van der Waals surface area contributed by atoms with Gasteiger partial charge in [0.15, 0.2) is 0 Å². The Morgan fingerprint density at radius 2 is 1.61 bits per heavy atom. The van der Waals surface area contributed by atoms with Gasteiger partial charge in [0, 0.05) is 35.4 Å². The fraction of sp³-hybridized carbons (Fsp3) is 0.0952. The number of hydrogen-bond acceptors (Lipinski definition) is 1. The van der Waals surface area contributed by atoms with E-state index in [-0.39, 0.29) is 0 Å². The van der Waals surface area contributed by atoms with E-state index in [0.29, 0.717) is 0 Å². The van der Waals surface area contributed by atoms with Crippen molar-refractivity contribution >= 4 is 10.9 Å². The van der Waals surface area contributed by atoms with Crippen LogP contribution in [0.5, 0.6) is 0 Å². The molecule has 0 unspecified atom stereocenters. The fourth-order valence-electron chi connectivity index (χ4n) is 3.05. The molecule has 4 rings (SSSR count). The number of aromatic nitrogens is 2. The molecule has 0 atom stereocenters. The fourth-order valence-corrected chi connectivity index (χ4v) is 3.05.